The third-order valence-electron chi connectivity index (χ3n) is 2.78. The number of carboxylic acids is 1. The molecule has 0 atom stereocenters. The number of carbonyl (C=O) groups is 1. The Hall–Kier alpha value is -1.59. The highest BCUT2D eigenvalue weighted by molar-refractivity contribution is 9.10. The zero-order chi connectivity index (χ0) is 13.8. The van der Waals surface area contributed by atoms with Crippen molar-refractivity contribution < 1.29 is 14.3 Å². The molecular weight excluding hydrogens is 310 g/mol. The molecule has 0 fully saturated rings. The van der Waals surface area contributed by atoms with Crippen molar-refractivity contribution in [2.75, 3.05) is 7.05 Å². The van der Waals surface area contributed by atoms with Gasteiger partial charge in [-0.1, -0.05) is 34.1 Å². The fourth-order valence-corrected chi connectivity index (χ4v) is 2.32. The Labute approximate surface area is 119 Å². The van der Waals surface area contributed by atoms with Gasteiger partial charge in [-0.2, -0.15) is 0 Å². The van der Waals surface area contributed by atoms with E-state index in [-0.39, 0.29) is 5.76 Å². The molecule has 0 aliphatic rings. The van der Waals surface area contributed by atoms with Gasteiger partial charge in [0.2, 0.25) is 5.76 Å². The van der Waals surface area contributed by atoms with Crippen LogP contribution in [0.4, 0.5) is 0 Å². The first-order valence-corrected chi connectivity index (χ1v) is 6.59. The molecule has 0 spiro atoms. The highest BCUT2D eigenvalue weighted by Gasteiger charge is 2.15. The number of hydrogen-bond acceptors (Lipinski definition) is 3. The fraction of sp³-hybridized carbons (Fsp3) is 0.214. The number of aromatic carboxylic acids is 1. The zero-order valence-corrected chi connectivity index (χ0v) is 12.1. The maximum Gasteiger partial charge on any atom is 0.372 e. The minimum absolute atomic E-state index is 0.0129. The second kappa shape index (κ2) is 6.04. The number of furan rings is 1. The molecule has 0 aliphatic carbocycles. The minimum Gasteiger partial charge on any atom is -0.475 e. The molecule has 0 saturated heterocycles. The van der Waals surface area contributed by atoms with E-state index >= 15 is 0 Å². The van der Waals surface area contributed by atoms with Crippen molar-refractivity contribution in [2.45, 2.75) is 13.1 Å². The quantitative estimate of drug-likeness (QED) is 0.916. The number of benzene rings is 1. The van der Waals surface area contributed by atoms with Crippen LogP contribution in [-0.2, 0) is 13.1 Å². The van der Waals surface area contributed by atoms with Crippen LogP contribution in [0, 0.1) is 0 Å². The van der Waals surface area contributed by atoms with Gasteiger partial charge in [-0.15, -0.1) is 0 Å². The van der Waals surface area contributed by atoms with Gasteiger partial charge in [0.15, 0.2) is 0 Å². The molecule has 2 rings (SSSR count). The van der Waals surface area contributed by atoms with E-state index < -0.39 is 5.97 Å². The lowest BCUT2D eigenvalue weighted by Crippen LogP contribution is -2.18. The van der Waals surface area contributed by atoms with Crippen molar-refractivity contribution in [1.29, 1.82) is 0 Å². The molecule has 2 aromatic rings. The maximum absolute atomic E-state index is 11.0. The van der Waals surface area contributed by atoms with Gasteiger partial charge in [-0.3, -0.25) is 4.90 Å². The molecule has 1 aromatic carbocycles. The SMILES string of the molecule is CN(Cc1ccccc1Br)Cc1ccoc1C(=O)O. The Morgan fingerprint density at radius 1 is 1.26 bits per heavy atom. The van der Waals surface area contributed by atoms with Crippen molar-refractivity contribution in [3.05, 3.63) is 58.0 Å². The highest BCUT2D eigenvalue weighted by atomic mass is 79.9. The molecule has 100 valence electrons. The van der Waals surface area contributed by atoms with Gasteiger partial charge in [0.1, 0.15) is 0 Å². The van der Waals surface area contributed by atoms with Gasteiger partial charge in [-0.05, 0) is 24.7 Å². The average molecular weight is 324 g/mol. The maximum atomic E-state index is 11.0. The van der Waals surface area contributed by atoms with Gasteiger partial charge in [0, 0.05) is 23.1 Å². The monoisotopic (exact) mass is 323 g/mol. The molecule has 1 N–H and O–H groups in total. The average Bonchev–Trinajstić information content (AvgIpc) is 2.80. The van der Waals surface area contributed by atoms with Crippen molar-refractivity contribution in [1.82, 2.24) is 4.90 Å². The van der Waals surface area contributed by atoms with Crippen molar-refractivity contribution in [2.24, 2.45) is 0 Å². The Kier molecular flexibility index (Phi) is 4.39. The summed E-state index contributed by atoms with van der Waals surface area (Å²) in [7, 11) is 1.94. The summed E-state index contributed by atoms with van der Waals surface area (Å²) >= 11 is 3.50. The number of nitrogens with zero attached hydrogens (tertiary/aromatic N) is 1. The lowest BCUT2D eigenvalue weighted by Gasteiger charge is -2.17. The highest BCUT2D eigenvalue weighted by Crippen LogP contribution is 2.19. The van der Waals surface area contributed by atoms with E-state index in [0.717, 1.165) is 16.6 Å². The Morgan fingerprint density at radius 3 is 2.63 bits per heavy atom. The number of halogens is 1. The summed E-state index contributed by atoms with van der Waals surface area (Å²) in [5, 5.41) is 8.98. The van der Waals surface area contributed by atoms with Gasteiger partial charge in [-0.25, -0.2) is 4.79 Å². The first-order chi connectivity index (χ1) is 9.08. The molecule has 0 unspecified atom stereocenters. The molecule has 19 heavy (non-hydrogen) atoms. The van der Waals surface area contributed by atoms with E-state index in [1.165, 1.54) is 6.26 Å². The van der Waals surface area contributed by atoms with E-state index in [2.05, 4.69) is 15.9 Å². The molecule has 0 radical (unpaired) electrons. The number of rotatable bonds is 5. The van der Waals surface area contributed by atoms with Gasteiger partial charge < -0.3 is 9.52 Å². The molecule has 0 amide bonds. The summed E-state index contributed by atoms with van der Waals surface area (Å²) in [5.74, 6) is -1.02. The van der Waals surface area contributed by atoms with Crippen LogP contribution in [0.25, 0.3) is 0 Å². The second-order valence-electron chi connectivity index (χ2n) is 4.34. The summed E-state index contributed by atoms with van der Waals surface area (Å²) in [6.07, 6.45) is 1.41. The van der Waals surface area contributed by atoms with E-state index in [9.17, 15) is 4.79 Å². The predicted octanol–water partition coefficient (Wildman–Crippen LogP) is 3.37. The van der Waals surface area contributed by atoms with Crippen LogP contribution < -0.4 is 0 Å². The lowest BCUT2D eigenvalue weighted by molar-refractivity contribution is 0.0659. The van der Waals surface area contributed by atoms with Crippen LogP contribution in [0.3, 0.4) is 0 Å². The summed E-state index contributed by atoms with van der Waals surface area (Å²) in [5.41, 5.74) is 1.84. The third-order valence-corrected chi connectivity index (χ3v) is 3.55. The van der Waals surface area contributed by atoms with E-state index in [0.29, 0.717) is 12.1 Å². The van der Waals surface area contributed by atoms with E-state index in [4.69, 9.17) is 9.52 Å². The van der Waals surface area contributed by atoms with Crippen molar-refractivity contribution >= 4 is 21.9 Å². The standard InChI is InChI=1S/C14H14BrNO3/c1-16(8-10-4-2-3-5-12(10)15)9-11-6-7-19-13(11)14(17)18/h2-7H,8-9H2,1H3,(H,17,18). The first kappa shape index (κ1) is 13.8. The Bertz CT molecular complexity index is 580. The first-order valence-electron chi connectivity index (χ1n) is 5.79. The summed E-state index contributed by atoms with van der Waals surface area (Å²) in [4.78, 5) is 13.0. The second-order valence-corrected chi connectivity index (χ2v) is 5.20. The number of hydrogen-bond donors (Lipinski definition) is 1. The van der Waals surface area contributed by atoms with Crippen LogP contribution in [0.1, 0.15) is 21.7 Å². The molecule has 1 heterocycles. The van der Waals surface area contributed by atoms with Crippen LogP contribution >= 0.6 is 15.9 Å². The van der Waals surface area contributed by atoms with Crippen LogP contribution in [0.2, 0.25) is 0 Å². The molecule has 0 bridgehead atoms. The Morgan fingerprint density at radius 2 is 1.95 bits per heavy atom. The van der Waals surface area contributed by atoms with Crippen LogP contribution in [0.15, 0.2) is 45.5 Å². The van der Waals surface area contributed by atoms with E-state index in [1.807, 2.05) is 36.2 Å². The summed E-state index contributed by atoms with van der Waals surface area (Å²) < 4.78 is 6.01. The largest absolute Gasteiger partial charge is 0.475 e. The van der Waals surface area contributed by atoms with Gasteiger partial charge in [0.05, 0.1) is 6.26 Å². The molecule has 0 aliphatic heterocycles. The minimum atomic E-state index is -1.03. The predicted molar refractivity (Wildman–Crippen MR) is 75.0 cm³/mol. The summed E-state index contributed by atoms with van der Waals surface area (Å²) in [6, 6.07) is 9.67. The lowest BCUT2D eigenvalue weighted by atomic mass is 10.2. The molecule has 0 saturated carbocycles. The zero-order valence-electron chi connectivity index (χ0n) is 10.5. The van der Waals surface area contributed by atoms with E-state index in [1.54, 1.807) is 6.07 Å². The normalized spacial score (nSPS) is 10.9. The topological polar surface area (TPSA) is 53.7 Å². The van der Waals surface area contributed by atoms with Gasteiger partial charge in [0.25, 0.3) is 0 Å². The smallest absolute Gasteiger partial charge is 0.372 e. The van der Waals surface area contributed by atoms with Gasteiger partial charge >= 0.3 is 5.97 Å². The molecular formula is C14H14BrNO3. The van der Waals surface area contributed by atoms with Crippen molar-refractivity contribution in [3.63, 3.8) is 0 Å². The molecule has 5 heteroatoms. The number of carboxylic acid groups (broad SMARTS) is 1. The van der Waals surface area contributed by atoms with Crippen molar-refractivity contribution in [3.8, 4) is 0 Å². The van der Waals surface area contributed by atoms with Crippen LogP contribution in [-0.4, -0.2) is 23.0 Å². The van der Waals surface area contributed by atoms with Crippen LogP contribution in [0.5, 0.6) is 0 Å². The third kappa shape index (κ3) is 3.45. The fourth-order valence-electron chi connectivity index (χ4n) is 1.91. The molecule has 1 aromatic heterocycles. The Balaban J connectivity index is 2.06. The molecule has 4 nitrogen and oxygen atoms in total. The summed E-state index contributed by atoms with van der Waals surface area (Å²) in [6.45, 7) is 1.26.